The number of amides is 2. The standard InChI is InChI=1S/C19H20N4O2S2/c1-13-18(26-12-10-20)27-19(21-13)22-17(25)16(14-7-3-2-4-8-14)23-11-6-5-9-15(23)24/h2-4,7-8,16H,5-6,9,11-12H2,1H3,(H,21,22,25). The minimum atomic E-state index is -0.668. The zero-order chi connectivity index (χ0) is 19.2. The first kappa shape index (κ1) is 19.4. The predicted octanol–water partition coefficient (Wildman–Crippen LogP) is 3.76. The molecule has 1 aromatic carbocycles. The lowest BCUT2D eigenvalue weighted by molar-refractivity contribution is -0.141. The van der Waals surface area contributed by atoms with Crippen molar-refractivity contribution < 1.29 is 9.59 Å². The molecule has 1 aromatic heterocycles. The Hall–Kier alpha value is -2.37. The van der Waals surface area contributed by atoms with Crippen molar-refractivity contribution in [2.24, 2.45) is 0 Å². The molecule has 0 bridgehead atoms. The molecule has 1 aliphatic heterocycles. The first-order valence-corrected chi connectivity index (χ1v) is 10.5. The normalized spacial score (nSPS) is 15.3. The molecule has 1 N–H and O–H groups in total. The molecule has 2 aromatic rings. The molecule has 140 valence electrons. The molecule has 1 fully saturated rings. The SMILES string of the molecule is Cc1nc(NC(=O)C(c2ccccc2)N2CCCCC2=O)sc1SCC#N. The first-order chi connectivity index (χ1) is 13.1. The van der Waals surface area contributed by atoms with Crippen LogP contribution in [0.5, 0.6) is 0 Å². The van der Waals surface area contributed by atoms with Crippen molar-refractivity contribution >= 4 is 40.0 Å². The van der Waals surface area contributed by atoms with Crippen LogP contribution in [0.3, 0.4) is 0 Å². The van der Waals surface area contributed by atoms with Gasteiger partial charge in [-0.2, -0.15) is 5.26 Å². The van der Waals surface area contributed by atoms with E-state index in [1.807, 2.05) is 37.3 Å². The number of rotatable bonds is 6. The highest BCUT2D eigenvalue weighted by Gasteiger charge is 2.33. The van der Waals surface area contributed by atoms with Gasteiger partial charge in [0.2, 0.25) is 5.91 Å². The van der Waals surface area contributed by atoms with E-state index >= 15 is 0 Å². The largest absolute Gasteiger partial charge is 0.327 e. The summed E-state index contributed by atoms with van der Waals surface area (Å²) in [4.78, 5) is 31.6. The van der Waals surface area contributed by atoms with Gasteiger partial charge in [-0.3, -0.25) is 14.9 Å². The van der Waals surface area contributed by atoms with Crippen molar-refractivity contribution in [3.63, 3.8) is 0 Å². The summed E-state index contributed by atoms with van der Waals surface area (Å²) in [6.45, 7) is 2.43. The van der Waals surface area contributed by atoms with E-state index in [0.717, 1.165) is 28.3 Å². The van der Waals surface area contributed by atoms with Gasteiger partial charge in [-0.15, -0.1) is 0 Å². The molecule has 0 aliphatic carbocycles. The van der Waals surface area contributed by atoms with Crippen LogP contribution in [0.25, 0.3) is 0 Å². The number of carbonyl (C=O) groups excluding carboxylic acids is 2. The van der Waals surface area contributed by atoms with E-state index in [9.17, 15) is 9.59 Å². The smallest absolute Gasteiger partial charge is 0.253 e. The lowest BCUT2D eigenvalue weighted by atomic mass is 10.0. The molecule has 1 saturated heterocycles. The highest BCUT2D eigenvalue weighted by molar-refractivity contribution is 8.01. The van der Waals surface area contributed by atoms with Crippen molar-refractivity contribution in [1.29, 1.82) is 5.26 Å². The molecule has 6 nitrogen and oxygen atoms in total. The molecule has 0 spiro atoms. The quantitative estimate of drug-likeness (QED) is 0.746. The minimum absolute atomic E-state index is 0.00540. The van der Waals surface area contributed by atoms with E-state index in [0.29, 0.717) is 23.8 Å². The Bertz CT molecular complexity index is 860. The van der Waals surface area contributed by atoms with Gasteiger partial charge in [0.25, 0.3) is 5.91 Å². The summed E-state index contributed by atoms with van der Waals surface area (Å²) in [6, 6.07) is 10.8. The molecule has 1 unspecified atom stereocenters. The van der Waals surface area contributed by atoms with E-state index in [1.165, 1.54) is 23.1 Å². The summed E-state index contributed by atoms with van der Waals surface area (Å²) in [5.74, 6) is 0.0820. The molecule has 8 heteroatoms. The van der Waals surface area contributed by atoms with E-state index in [1.54, 1.807) is 4.90 Å². The number of piperidine rings is 1. The van der Waals surface area contributed by atoms with E-state index in [-0.39, 0.29) is 11.8 Å². The van der Waals surface area contributed by atoms with Gasteiger partial charge in [-0.05, 0) is 25.3 Å². The summed E-state index contributed by atoms with van der Waals surface area (Å²) in [6.07, 6.45) is 2.24. The number of anilines is 1. The van der Waals surface area contributed by atoms with Crippen LogP contribution in [0.4, 0.5) is 5.13 Å². The minimum Gasteiger partial charge on any atom is -0.327 e. The Morgan fingerprint density at radius 1 is 1.41 bits per heavy atom. The number of nitrogens with one attached hydrogen (secondary N) is 1. The molecule has 2 heterocycles. The third kappa shape index (κ3) is 4.67. The lowest BCUT2D eigenvalue weighted by Gasteiger charge is -2.33. The van der Waals surface area contributed by atoms with Crippen LogP contribution in [0.15, 0.2) is 34.5 Å². The summed E-state index contributed by atoms with van der Waals surface area (Å²) in [5, 5.41) is 12.1. The van der Waals surface area contributed by atoms with Crippen molar-refractivity contribution in [3.8, 4) is 6.07 Å². The van der Waals surface area contributed by atoms with Gasteiger partial charge in [0, 0.05) is 13.0 Å². The zero-order valence-electron chi connectivity index (χ0n) is 15.0. The Labute approximate surface area is 166 Å². The van der Waals surface area contributed by atoms with Crippen LogP contribution in [0, 0.1) is 18.3 Å². The second-order valence-electron chi connectivity index (χ2n) is 6.19. The van der Waals surface area contributed by atoms with Crippen molar-refractivity contribution in [1.82, 2.24) is 9.88 Å². The topological polar surface area (TPSA) is 86.1 Å². The number of likely N-dealkylation sites (tertiary alicyclic amines) is 1. The zero-order valence-corrected chi connectivity index (χ0v) is 16.6. The second kappa shape index (κ2) is 9.02. The molecule has 3 rings (SSSR count). The van der Waals surface area contributed by atoms with Crippen LogP contribution >= 0.6 is 23.1 Å². The molecular formula is C19H20N4O2S2. The first-order valence-electron chi connectivity index (χ1n) is 8.72. The van der Waals surface area contributed by atoms with Gasteiger partial charge < -0.3 is 4.90 Å². The van der Waals surface area contributed by atoms with Gasteiger partial charge in [0.05, 0.1) is 21.7 Å². The third-order valence-corrected chi connectivity index (χ3v) is 6.59. The Morgan fingerprint density at radius 2 is 2.19 bits per heavy atom. The predicted molar refractivity (Wildman–Crippen MR) is 107 cm³/mol. The molecule has 27 heavy (non-hydrogen) atoms. The van der Waals surface area contributed by atoms with Gasteiger partial charge in [-0.1, -0.05) is 53.4 Å². The van der Waals surface area contributed by atoms with E-state index < -0.39 is 6.04 Å². The molecule has 0 saturated carbocycles. The molecule has 2 amide bonds. The lowest BCUT2D eigenvalue weighted by Crippen LogP contribution is -2.43. The molecule has 1 atom stereocenters. The third-order valence-electron chi connectivity index (χ3n) is 4.29. The number of thioether (sulfide) groups is 1. The highest BCUT2D eigenvalue weighted by Crippen LogP contribution is 2.33. The fourth-order valence-electron chi connectivity index (χ4n) is 3.05. The Morgan fingerprint density at radius 3 is 2.89 bits per heavy atom. The average molecular weight is 401 g/mol. The highest BCUT2D eigenvalue weighted by atomic mass is 32.2. The summed E-state index contributed by atoms with van der Waals surface area (Å²) < 4.78 is 0.914. The van der Waals surface area contributed by atoms with Gasteiger partial charge in [-0.25, -0.2) is 4.98 Å². The van der Waals surface area contributed by atoms with Crippen LogP contribution in [-0.2, 0) is 9.59 Å². The molecular weight excluding hydrogens is 380 g/mol. The Balaban J connectivity index is 1.83. The van der Waals surface area contributed by atoms with Crippen LogP contribution in [-0.4, -0.2) is 34.0 Å². The van der Waals surface area contributed by atoms with Gasteiger partial charge in [0.1, 0.15) is 6.04 Å². The maximum atomic E-state index is 13.1. The maximum Gasteiger partial charge on any atom is 0.253 e. The fourth-order valence-corrected chi connectivity index (χ4v) is 4.85. The molecule has 1 aliphatic rings. The number of hydrogen-bond donors (Lipinski definition) is 1. The number of aromatic nitrogens is 1. The number of benzene rings is 1. The Kier molecular flexibility index (Phi) is 6.48. The van der Waals surface area contributed by atoms with Crippen LogP contribution < -0.4 is 5.32 Å². The second-order valence-corrected chi connectivity index (χ2v) is 8.43. The maximum absolute atomic E-state index is 13.1. The van der Waals surface area contributed by atoms with Gasteiger partial charge >= 0.3 is 0 Å². The van der Waals surface area contributed by atoms with Crippen molar-refractivity contribution in [2.45, 2.75) is 36.4 Å². The van der Waals surface area contributed by atoms with Gasteiger partial charge in [0.15, 0.2) is 5.13 Å². The van der Waals surface area contributed by atoms with Crippen molar-refractivity contribution in [3.05, 3.63) is 41.6 Å². The van der Waals surface area contributed by atoms with Crippen LogP contribution in [0.2, 0.25) is 0 Å². The van der Waals surface area contributed by atoms with E-state index in [4.69, 9.17) is 5.26 Å². The average Bonchev–Trinajstić information content (AvgIpc) is 3.01. The molecule has 0 radical (unpaired) electrons. The number of carbonyl (C=O) groups is 2. The number of thiazole rings is 1. The number of nitrogens with zero attached hydrogens (tertiary/aromatic N) is 3. The summed E-state index contributed by atoms with van der Waals surface area (Å²) in [5.41, 5.74) is 1.58. The van der Waals surface area contributed by atoms with Crippen molar-refractivity contribution in [2.75, 3.05) is 17.6 Å². The van der Waals surface area contributed by atoms with Crippen LogP contribution in [0.1, 0.15) is 36.6 Å². The number of nitriles is 1. The summed E-state index contributed by atoms with van der Waals surface area (Å²) >= 11 is 2.76. The summed E-state index contributed by atoms with van der Waals surface area (Å²) in [7, 11) is 0. The monoisotopic (exact) mass is 400 g/mol. The fraction of sp³-hybridized carbons (Fsp3) is 0.368. The number of aryl methyl sites for hydroxylation is 1. The number of hydrogen-bond acceptors (Lipinski definition) is 6. The van der Waals surface area contributed by atoms with E-state index in [2.05, 4.69) is 16.4 Å².